The molecule has 112 valence electrons. The SMILES string of the molecule is OC1(c2ccccc2)CCN(Cc2ccccc2)CC1.[Cl-]. The van der Waals surface area contributed by atoms with Crippen LogP contribution in [0, 0.1) is 0 Å². The summed E-state index contributed by atoms with van der Waals surface area (Å²) in [5.74, 6) is 0. The Labute approximate surface area is 132 Å². The zero-order valence-electron chi connectivity index (χ0n) is 12.1. The summed E-state index contributed by atoms with van der Waals surface area (Å²) in [6.07, 6.45) is 1.62. The van der Waals surface area contributed by atoms with Crippen molar-refractivity contribution in [2.75, 3.05) is 13.1 Å². The number of halogens is 1. The molecule has 1 N–H and O–H groups in total. The lowest BCUT2D eigenvalue weighted by atomic mass is 9.84. The first kappa shape index (κ1) is 16.0. The molecule has 0 amide bonds. The first-order valence-corrected chi connectivity index (χ1v) is 7.30. The Hall–Kier alpha value is -1.35. The van der Waals surface area contributed by atoms with Crippen LogP contribution in [0.1, 0.15) is 24.0 Å². The molecule has 0 saturated carbocycles. The fourth-order valence-electron chi connectivity index (χ4n) is 2.96. The maximum atomic E-state index is 10.8. The van der Waals surface area contributed by atoms with E-state index in [1.807, 2.05) is 36.4 Å². The molecule has 0 radical (unpaired) electrons. The predicted octanol–water partition coefficient (Wildman–Crippen LogP) is 0.174. The van der Waals surface area contributed by atoms with E-state index in [0.29, 0.717) is 0 Å². The van der Waals surface area contributed by atoms with Crippen LogP contribution < -0.4 is 12.4 Å². The zero-order valence-corrected chi connectivity index (χ0v) is 12.8. The minimum Gasteiger partial charge on any atom is -1.00 e. The lowest BCUT2D eigenvalue weighted by Gasteiger charge is -2.38. The Bertz CT molecular complexity index is 536. The third-order valence-electron chi connectivity index (χ3n) is 4.24. The quantitative estimate of drug-likeness (QED) is 0.874. The van der Waals surface area contributed by atoms with E-state index in [4.69, 9.17) is 0 Å². The van der Waals surface area contributed by atoms with Crippen molar-refractivity contribution in [1.29, 1.82) is 0 Å². The van der Waals surface area contributed by atoms with Gasteiger partial charge in [0.2, 0.25) is 0 Å². The van der Waals surface area contributed by atoms with Gasteiger partial charge in [0.1, 0.15) is 0 Å². The number of nitrogens with zero attached hydrogens (tertiary/aromatic N) is 1. The molecule has 21 heavy (non-hydrogen) atoms. The molecule has 2 aromatic carbocycles. The number of hydrogen-bond donors (Lipinski definition) is 1. The van der Waals surface area contributed by atoms with Crippen molar-refractivity contribution in [1.82, 2.24) is 4.90 Å². The van der Waals surface area contributed by atoms with E-state index in [0.717, 1.165) is 38.0 Å². The van der Waals surface area contributed by atoms with Crippen molar-refractivity contribution in [2.45, 2.75) is 25.0 Å². The second-order valence-electron chi connectivity index (χ2n) is 5.66. The van der Waals surface area contributed by atoms with Crippen LogP contribution in [0.5, 0.6) is 0 Å². The number of likely N-dealkylation sites (tertiary alicyclic amines) is 1. The van der Waals surface area contributed by atoms with Gasteiger partial charge >= 0.3 is 0 Å². The molecule has 0 aliphatic carbocycles. The summed E-state index contributed by atoms with van der Waals surface area (Å²) in [5, 5.41) is 10.8. The predicted molar refractivity (Wildman–Crippen MR) is 81.3 cm³/mol. The first-order valence-electron chi connectivity index (χ1n) is 7.30. The maximum Gasteiger partial charge on any atom is 0.0920 e. The fraction of sp³-hybridized carbons (Fsp3) is 0.333. The summed E-state index contributed by atoms with van der Waals surface area (Å²) >= 11 is 0. The third-order valence-corrected chi connectivity index (χ3v) is 4.24. The van der Waals surface area contributed by atoms with Crippen molar-refractivity contribution in [3.05, 3.63) is 71.8 Å². The number of aliphatic hydroxyl groups is 1. The Balaban J connectivity index is 0.00000161. The average molecular weight is 303 g/mol. The summed E-state index contributed by atoms with van der Waals surface area (Å²) in [5.41, 5.74) is 1.76. The van der Waals surface area contributed by atoms with Crippen molar-refractivity contribution in [2.24, 2.45) is 0 Å². The Morgan fingerprint density at radius 1 is 0.857 bits per heavy atom. The van der Waals surface area contributed by atoms with Gasteiger partial charge in [-0.05, 0) is 24.0 Å². The van der Waals surface area contributed by atoms with Gasteiger partial charge in [-0.15, -0.1) is 0 Å². The van der Waals surface area contributed by atoms with Gasteiger partial charge in [0.05, 0.1) is 5.60 Å². The summed E-state index contributed by atoms with van der Waals surface area (Å²) in [6.45, 7) is 2.87. The molecule has 0 spiro atoms. The molecule has 1 aliphatic heterocycles. The monoisotopic (exact) mass is 302 g/mol. The molecular weight excluding hydrogens is 282 g/mol. The van der Waals surface area contributed by atoms with Gasteiger partial charge in [-0.25, -0.2) is 0 Å². The normalized spacial score (nSPS) is 18.0. The van der Waals surface area contributed by atoms with Gasteiger partial charge in [0.25, 0.3) is 0 Å². The molecular formula is C18H21ClNO-. The largest absolute Gasteiger partial charge is 1.00 e. The van der Waals surface area contributed by atoms with Crippen LogP contribution in [0.25, 0.3) is 0 Å². The third kappa shape index (κ3) is 3.85. The van der Waals surface area contributed by atoms with E-state index in [1.165, 1.54) is 5.56 Å². The van der Waals surface area contributed by atoms with E-state index >= 15 is 0 Å². The van der Waals surface area contributed by atoms with E-state index in [1.54, 1.807) is 0 Å². The number of hydrogen-bond acceptors (Lipinski definition) is 2. The van der Waals surface area contributed by atoms with Gasteiger partial charge in [-0.2, -0.15) is 0 Å². The zero-order chi connectivity index (χ0) is 13.8. The topological polar surface area (TPSA) is 23.5 Å². The molecule has 1 heterocycles. The minimum absolute atomic E-state index is 0. The van der Waals surface area contributed by atoms with E-state index in [9.17, 15) is 5.11 Å². The first-order chi connectivity index (χ1) is 9.76. The van der Waals surface area contributed by atoms with Crippen LogP contribution in [0.2, 0.25) is 0 Å². The summed E-state index contributed by atoms with van der Waals surface area (Å²) in [6, 6.07) is 20.6. The molecule has 2 nitrogen and oxygen atoms in total. The minimum atomic E-state index is -0.644. The Morgan fingerprint density at radius 2 is 1.38 bits per heavy atom. The van der Waals surface area contributed by atoms with Crippen molar-refractivity contribution in [3.8, 4) is 0 Å². The molecule has 1 aliphatic rings. The molecule has 0 atom stereocenters. The second kappa shape index (κ2) is 7.08. The average Bonchev–Trinajstić information content (AvgIpc) is 2.52. The lowest BCUT2D eigenvalue weighted by molar-refractivity contribution is -0.0277. The van der Waals surface area contributed by atoms with Crippen molar-refractivity contribution < 1.29 is 17.5 Å². The smallest absolute Gasteiger partial charge is 0.0920 e. The molecule has 2 aromatic rings. The van der Waals surface area contributed by atoms with Crippen LogP contribution in [0.15, 0.2) is 60.7 Å². The van der Waals surface area contributed by atoms with Gasteiger partial charge in [-0.1, -0.05) is 60.7 Å². The number of rotatable bonds is 3. The highest BCUT2D eigenvalue weighted by Crippen LogP contribution is 2.32. The standard InChI is InChI=1S/C18H21NO.ClH/c20-18(17-9-5-2-6-10-17)11-13-19(14-12-18)15-16-7-3-1-4-8-16;/h1-10,20H,11-15H2;1H/p-1. The summed E-state index contributed by atoms with van der Waals surface area (Å²) < 4.78 is 0. The highest BCUT2D eigenvalue weighted by molar-refractivity contribution is 5.23. The summed E-state index contributed by atoms with van der Waals surface area (Å²) in [4.78, 5) is 2.42. The van der Waals surface area contributed by atoms with E-state index in [-0.39, 0.29) is 12.4 Å². The van der Waals surface area contributed by atoms with Crippen LogP contribution in [-0.2, 0) is 12.1 Å². The molecule has 3 heteroatoms. The van der Waals surface area contributed by atoms with Crippen LogP contribution in [0.3, 0.4) is 0 Å². The second-order valence-corrected chi connectivity index (χ2v) is 5.66. The highest BCUT2D eigenvalue weighted by Gasteiger charge is 2.33. The highest BCUT2D eigenvalue weighted by atomic mass is 35.5. The van der Waals surface area contributed by atoms with Crippen molar-refractivity contribution >= 4 is 0 Å². The number of piperidine rings is 1. The molecule has 0 bridgehead atoms. The van der Waals surface area contributed by atoms with Crippen LogP contribution >= 0.6 is 0 Å². The molecule has 0 aromatic heterocycles. The number of benzene rings is 2. The van der Waals surface area contributed by atoms with Gasteiger partial charge in [0.15, 0.2) is 0 Å². The summed E-state index contributed by atoms with van der Waals surface area (Å²) in [7, 11) is 0. The van der Waals surface area contributed by atoms with Crippen molar-refractivity contribution in [3.63, 3.8) is 0 Å². The van der Waals surface area contributed by atoms with Gasteiger partial charge in [-0.3, -0.25) is 4.90 Å². The van der Waals surface area contributed by atoms with Gasteiger partial charge in [0, 0.05) is 19.6 Å². The molecule has 1 fully saturated rings. The lowest BCUT2D eigenvalue weighted by Crippen LogP contribution is -3.00. The Morgan fingerprint density at radius 3 is 1.95 bits per heavy atom. The van der Waals surface area contributed by atoms with Crippen LogP contribution in [0.4, 0.5) is 0 Å². The molecule has 3 rings (SSSR count). The molecule has 0 unspecified atom stereocenters. The van der Waals surface area contributed by atoms with E-state index in [2.05, 4.69) is 29.2 Å². The van der Waals surface area contributed by atoms with Crippen LogP contribution in [-0.4, -0.2) is 23.1 Å². The maximum absolute atomic E-state index is 10.8. The molecule has 1 saturated heterocycles. The Kier molecular flexibility index (Phi) is 5.40. The van der Waals surface area contributed by atoms with Gasteiger partial charge < -0.3 is 17.5 Å². The van der Waals surface area contributed by atoms with E-state index < -0.39 is 5.60 Å². The fourth-order valence-corrected chi connectivity index (χ4v) is 2.96.